The van der Waals surface area contributed by atoms with E-state index < -0.39 is 0 Å². The molecular weight excluding hydrogens is 324 g/mol. The van der Waals surface area contributed by atoms with Gasteiger partial charge in [0.25, 0.3) is 5.91 Å². The van der Waals surface area contributed by atoms with Crippen LogP contribution < -0.4 is 15.4 Å². The molecule has 132 valence electrons. The van der Waals surface area contributed by atoms with Crippen molar-refractivity contribution in [3.63, 3.8) is 0 Å². The molecule has 0 aliphatic rings. The number of rotatable bonds is 6. The summed E-state index contributed by atoms with van der Waals surface area (Å²) in [7, 11) is 1.60. The molecular formula is C22H22N2O2. The number of methoxy groups -OCH3 is 1. The van der Waals surface area contributed by atoms with Crippen LogP contribution >= 0.6 is 0 Å². The van der Waals surface area contributed by atoms with E-state index in [2.05, 4.69) is 41.8 Å². The summed E-state index contributed by atoms with van der Waals surface area (Å²) in [6.45, 7) is 2.85. The van der Waals surface area contributed by atoms with E-state index in [0.29, 0.717) is 5.56 Å². The molecule has 3 aromatic carbocycles. The highest BCUT2D eigenvalue weighted by Crippen LogP contribution is 2.17. The van der Waals surface area contributed by atoms with Gasteiger partial charge in [0.05, 0.1) is 7.11 Å². The number of hydrogen-bond donors (Lipinski definition) is 2. The Morgan fingerprint density at radius 1 is 0.923 bits per heavy atom. The smallest absolute Gasteiger partial charge is 0.255 e. The average Bonchev–Trinajstić information content (AvgIpc) is 2.67. The van der Waals surface area contributed by atoms with Crippen molar-refractivity contribution in [2.24, 2.45) is 0 Å². The van der Waals surface area contributed by atoms with Crippen LogP contribution in [-0.4, -0.2) is 13.0 Å². The number of amides is 1. The van der Waals surface area contributed by atoms with Gasteiger partial charge in [0, 0.05) is 23.5 Å². The quantitative estimate of drug-likeness (QED) is 0.669. The van der Waals surface area contributed by atoms with Crippen LogP contribution in [-0.2, 0) is 6.54 Å². The standard InChI is InChI=1S/C22H22N2O2/c1-16-4-3-5-17(14-16)15-23-19-8-10-20(11-9-19)24-22(25)18-6-12-21(26-2)13-7-18/h3-14,23H,15H2,1-2H3,(H,24,25). The lowest BCUT2D eigenvalue weighted by Gasteiger charge is -2.09. The molecule has 0 aliphatic heterocycles. The van der Waals surface area contributed by atoms with Gasteiger partial charge in [0.1, 0.15) is 5.75 Å². The third-order valence-electron chi connectivity index (χ3n) is 4.07. The van der Waals surface area contributed by atoms with Gasteiger partial charge in [-0.1, -0.05) is 29.8 Å². The number of aryl methyl sites for hydroxylation is 1. The lowest BCUT2D eigenvalue weighted by atomic mass is 10.1. The summed E-state index contributed by atoms with van der Waals surface area (Å²) in [4.78, 5) is 12.3. The van der Waals surface area contributed by atoms with E-state index >= 15 is 0 Å². The number of hydrogen-bond acceptors (Lipinski definition) is 3. The second-order valence-corrected chi connectivity index (χ2v) is 6.10. The third-order valence-corrected chi connectivity index (χ3v) is 4.07. The van der Waals surface area contributed by atoms with Crippen molar-refractivity contribution in [2.75, 3.05) is 17.7 Å². The third kappa shape index (κ3) is 4.63. The molecule has 0 aromatic heterocycles. The highest BCUT2D eigenvalue weighted by molar-refractivity contribution is 6.04. The molecule has 2 N–H and O–H groups in total. The van der Waals surface area contributed by atoms with Gasteiger partial charge in [0.15, 0.2) is 0 Å². The Kier molecular flexibility index (Phi) is 5.54. The van der Waals surface area contributed by atoms with Gasteiger partial charge in [-0.2, -0.15) is 0 Å². The second kappa shape index (κ2) is 8.21. The molecule has 0 radical (unpaired) electrons. The lowest BCUT2D eigenvalue weighted by Crippen LogP contribution is -2.11. The Morgan fingerprint density at radius 2 is 1.62 bits per heavy atom. The van der Waals surface area contributed by atoms with Gasteiger partial charge in [-0.25, -0.2) is 0 Å². The van der Waals surface area contributed by atoms with Crippen LogP contribution in [0.1, 0.15) is 21.5 Å². The molecule has 0 aliphatic carbocycles. The molecule has 0 saturated carbocycles. The van der Waals surface area contributed by atoms with Gasteiger partial charge >= 0.3 is 0 Å². The molecule has 4 nitrogen and oxygen atoms in total. The number of ether oxygens (including phenoxy) is 1. The predicted octanol–water partition coefficient (Wildman–Crippen LogP) is 4.87. The summed E-state index contributed by atoms with van der Waals surface area (Å²) in [6, 6.07) is 23.1. The first-order chi connectivity index (χ1) is 12.6. The molecule has 0 fully saturated rings. The highest BCUT2D eigenvalue weighted by atomic mass is 16.5. The first kappa shape index (κ1) is 17.5. The number of nitrogens with one attached hydrogen (secondary N) is 2. The Morgan fingerprint density at radius 3 is 2.27 bits per heavy atom. The van der Waals surface area contributed by atoms with E-state index in [1.807, 2.05) is 24.3 Å². The van der Waals surface area contributed by atoms with Crippen molar-refractivity contribution in [2.45, 2.75) is 13.5 Å². The molecule has 0 heterocycles. The molecule has 0 bridgehead atoms. The van der Waals surface area contributed by atoms with Crippen LogP contribution in [0.3, 0.4) is 0 Å². The van der Waals surface area contributed by atoms with E-state index in [1.54, 1.807) is 31.4 Å². The zero-order valence-electron chi connectivity index (χ0n) is 15.0. The van der Waals surface area contributed by atoms with Crippen LogP contribution in [0.5, 0.6) is 5.75 Å². The minimum atomic E-state index is -0.145. The van der Waals surface area contributed by atoms with Crippen LogP contribution in [0.2, 0.25) is 0 Å². The van der Waals surface area contributed by atoms with E-state index in [9.17, 15) is 4.79 Å². The van der Waals surface area contributed by atoms with Crippen molar-refractivity contribution in [3.8, 4) is 5.75 Å². The molecule has 1 amide bonds. The predicted molar refractivity (Wildman–Crippen MR) is 106 cm³/mol. The maximum absolute atomic E-state index is 12.3. The number of carbonyl (C=O) groups is 1. The van der Waals surface area contributed by atoms with Crippen LogP contribution in [0, 0.1) is 6.92 Å². The Hall–Kier alpha value is -3.27. The van der Waals surface area contributed by atoms with E-state index in [1.165, 1.54) is 11.1 Å². The van der Waals surface area contributed by atoms with Gasteiger partial charge in [-0.15, -0.1) is 0 Å². The fraction of sp³-hybridized carbons (Fsp3) is 0.136. The Labute approximate surface area is 153 Å². The molecule has 0 spiro atoms. The Balaban J connectivity index is 1.57. The van der Waals surface area contributed by atoms with E-state index in [4.69, 9.17) is 4.74 Å². The van der Waals surface area contributed by atoms with E-state index in [0.717, 1.165) is 23.7 Å². The summed E-state index contributed by atoms with van der Waals surface area (Å²) < 4.78 is 5.10. The fourth-order valence-corrected chi connectivity index (χ4v) is 2.64. The van der Waals surface area contributed by atoms with Crippen LogP contribution in [0.15, 0.2) is 72.8 Å². The second-order valence-electron chi connectivity index (χ2n) is 6.10. The molecule has 0 unspecified atom stereocenters. The molecule has 0 saturated heterocycles. The summed E-state index contributed by atoms with van der Waals surface area (Å²) in [5, 5.41) is 6.28. The van der Waals surface area contributed by atoms with Crippen molar-refractivity contribution in [1.82, 2.24) is 0 Å². The zero-order valence-corrected chi connectivity index (χ0v) is 15.0. The first-order valence-electron chi connectivity index (χ1n) is 8.49. The molecule has 3 aromatic rings. The monoisotopic (exact) mass is 346 g/mol. The Bertz CT molecular complexity index is 871. The average molecular weight is 346 g/mol. The van der Waals surface area contributed by atoms with Gasteiger partial charge in [-0.05, 0) is 61.0 Å². The maximum atomic E-state index is 12.3. The van der Waals surface area contributed by atoms with Crippen molar-refractivity contribution >= 4 is 17.3 Å². The first-order valence-corrected chi connectivity index (χ1v) is 8.49. The SMILES string of the molecule is COc1ccc(C(=O)Nc2ccc(NCc3cccc(C)c3)cc2)cc1. The molecule has 26 heavy (non-hydrogen) atoms. The molecule has 0 atom stereocenters. The van der Waals surface area contributed by atoms with Crippen LogP contribution in [0.25, 0.3) is 0 Å². The number of benzene rings is 3. The minimum absolute atomic E-state index is 0.145. The topological polar surface area (TPSA) is 50.4 Å². The van der Waals surface area contributed by atoms with Crippen molar-refractivity contribution < 1.29 is 9.53 Å². The number of anilines is 2. The van der Waals surface area contributed by atoms with Gasteiger partial charge in [0.2, 0.25) is 0 Å². The lowest BCUT2D eigenvalue weighted by molar-refractivity contribution is 0.102. The highest BCUT2D eigenvalue weighted by Gasteiger charge is 2.06. The largest absolute Gasteiger partial charge is 0.497 e. The summed E-state index contributed by atoms with van der Waals surface area (Å²) in [5.74, 6) is 0.582. The van der Waals surface area contributed by atoms with Gasteiger partial charge in [-0.3, -0.25) is 4.79 Å². The minimum Gasteiger partial charge on any atom is -0.497 e. The van der Waals surface area contributed by atoms with Gasteiger partial charge < -0.3 is 15.4 Å². The summed E-state index contributed by atoms with van der Waals surface area (Å²) >= 11 is 0. The van der Waals surface area contributed by atoms with Crippen LogP contribution in [0.4, 0.5) is 11.4 Å². The molecule has 3 rings (SSSR count). The normalized spacial score (nSPS) is 10.2. The number of carbonyl (C=O) groups excluding carboxylic acids is 1. The van der Waals surface area contributed by atoms with E-state index in [-0.39, 0.29) is 5.91 Å². The summed E-state index contributed by atoms with van der Waals surface area (Å²) in [5.41, 5.74) is 4.84. The summed E-state index contributed by atoms with van der Waals surface area (Å²) in [6.07, 6.45) is 0. The fourth-order valence-electron chi connectivity index (χ4n) is 2.64. The maximum Gasteiger partial charge on any atom is 0.255 e. The zero-order chi connectivity index (χ0) is 18.4. The van der Waals surface area contributed by atoms with Crippen molar-refractivity contribution in [3.05, 3.63) is 89.5 Å². The van der Waals surface area contributed by atoms with Crippen molar-refractivity contribution in [1.29, 1.82) is 0 Å². The molecule has 4 heteroatoms.